The Hall–Kier alpha value is -2.89. The molecule has 0 bridgehead atoms. The number of piperidine rings is 1. The lowest BCUT2D eigenvalue weighted by molar-refractivity contribution is -0.125. The molecule has 28 heavy (non-hydrogen) atoms. The van der Waals surface area contributed by atoms with Crippen LogP contribution in [0.25, 0.3) is 0 Å². The van der Waals surface area contributed by atoms with Crippen molar-refractivity contribution in [2.75, 3.05) is 23.3 Å². The van der Waals surface area contributed by atoms with Crippen molar-refractivity contribution in [3.8, 4) is 0 Å². The monoisotopic (exact) mass is 378 g/mol. The highest BCUT2D eigenvalue weighted by molar-refractivity contribution is 5.99. The van der Waals surface area contributed by atoms with Crippen LogP contribution in [0.3, 0.4) is 0 Å². The second-order valence-electron chi connectivity index (χ2n) is 7.57. The summed E-state index contributed by atoms with van der Waals surface area (Å²) in [5.41, 5.74) is 2.80. The van der Waals surface area contributed by atoms with E-state index in [0.29, 0.717) is 13.0 Å². The number of carbonyl (C=O) groups is 2. The van der Waals surface area contributed by atoms with E-state index in [4.69, 9.17) is 0 Å². The minimum Gasteiger partial charge on any atom is -0.372 e. The van der Waals surface area contributed by atoms with Gasteiger partial charge in [0.25, 0.3) is 0 Å². The third kappa shape index (κ3) is 4.50. The normalized spacial score (nSPS) is 21.1. The number of carbonyl (C=O) groups excluding carboxylic acids is 2. The molecule has 2 aromatic rings. The summed E-state index contributed by atoms with van der Waals surface area (Å²) < 4.78 is 0. The van der Waals surface area contributed by atoms with Crippen LogP contribution < -0.4 is 15.5 Å². The maximum atomic E-state index is 12.4. The van der Waals surface area contributed by atoms with Gasteiger partial charge in [0.15, 0.2) is 0 Å². The van der Waals surface area contributed by atoms with E-state index in [1.54, 1.807) is 6.20 Å². The topological polar surface area (TPSA) is 74.3 Å². The van der Waals surface area contributed by atoms with Crippen LogP contribution in [-0.2, 0) is 16.1 Å². The average Bonchev–Trinajstić information content (AvgIpc) is 3.55. The van der Waals surface area contributed by atoms with Crippen LogP contribution in [0.4, 0.5) is 11.4 Å². The number of rotatable bonds is 6. The summed E-state index contributed by atoms with van der Waals surface area (Å²) in [6, 6.07) is 13.6. The Bertz CT molecular complexity index is 816. The van der Waals surface area contributed by atoms with Crippen molar-refractivity contribution in [2.45, 2.75) is 32.2 Å². The molecule has 2 heterocycles. The zero-order chi connectivity index (χ0) is 19.3. The molecule has 146 valence electrons. The molecule has 2 amide bonds. The number of benzene rings is 1. The van der Waals surface area contributed by atoms with Crippen LogP contribution in [0.2, 0.25) is 0 Å². The molecule has 2 atom stereocenters. The highest BCUT2D eigenvalue weighted by atomic mass is 16.2. The molecule has 0 radical (unpaired) electrons. The van der Waals surface area contributed by atoms with E-state index in [9.17, 15) is 9.59 Å². The summed E-state index contributed by atoms with van der Waals surface area (Å²) in [5.74, 6) is -0.642. The lowest BCUT2D eigenvalue weighted by Gasteiger charge is -2.28. The van der Waals surface area contributed by atoms with Crippen molar-refractivity contribution < 1.29 is 9.59 Å². The predicted molar refractivity (Wildman–Crippen MR) is 109 cm³/mol. The second-order valence-corrected chi connectivity index (χ2v) is 7.57. The summed E-state index contributed by atoms with van der Waals surface area (Å²) in [6.07, 6.45) is 6.09. The third-order valence-corrected chi connectivity index (χ3v) is 5.49. The van der Waals surface area contributed by atoms with Gasteiger partial charge in [-0.05, 0) is 62.1 Å². The smallest absolute Gasteiger partial charge is 0.228 e. The fraction of sp³-hybridized carbons (Fsp3) is 0.409. The summed E-state index contributed by atoms with van der Waals surface area (Å²) in [5, 5.41) is 5.81. The number of nitrogens with one attached hydrogen (secondary N) is 2. The Morgan fingerprint density at radius 2 is 1.71 bits per heavy atom. The molecule has 2 unspecified atom stereocenters. The van der Waals surface area contributed by atoms with Crippen LogP contribution in [-0.4, -0.2) is 29.9 Å². The fourth-order valence-corrected chi connectivity index (χ4v) is 3.73. The van der Waals surface area contributed by atoms with Crippen LogP contribution in [0.5, 0.6) is 0 Å². The number of anilines is 2. The number of pyridine rings is 1. The van der Waals surface area contributed by atoms with Crippen LogP contribution in [0.15, 0.2) is 48.7 Å². The van der Waals surface area contributed by atoms with Gasteiger partial charge in [-0.15, -0.1) is 0 Å². The standard InChI is InChI=1S/C22H26N4O2/c27-21(24-15-17-6-2-3-11-23-17)19-14-20(19)22(28)25-16-7-9-18(10-8-16)26-12-4-1-5-13-26/h2-3,6-11,19-20H,1,4-5,12-15H2,(H,24,27)(H,25,28). The van der Waals surface area contributed by atoms with Crippen molar-refractivity contribution >= 4 is 23.2 Å². The van der Waals surface area contributed by atoms with E-state index < -0.39 is 0 Å². The van der Waals surface area contributed by atoms with Gasteiger partial charge in [0.05, 0.1) is 24.1 Å². The van der Waals surface area contributed by atoms with E-state index in [1.807, 2.05) is 30.3 Å². The predicted octanol–water partition coefficient (Wildman–Crippen LogP) is 2.96. The quantitative estimate of drug-likeness (QED) is 0.810. The van der Waals surface area contributed by atoms with Crippen molar-refractivity contribution in [3.05, 3.63) is 54.4 Å². The molecular weight excluding hydrogens is 352 g/mol. The molecular formula is C22H26N4O2. The van der Waals surface area contributed by atoms with Crippen LogP contribution >= 0.6 is 0 Å². The van der Waals surface area contributed by atoms with Gasteiger partial charge in [0, 0.05) is 30.7 Å². The number of hydrogen-bond acceptors (Lipinski definition) is 4. The Morgan fingerprint density at radius 1 is 0.964 bits per heavy atom. The van der Waals surface area contributed by atoms with Crippen LogP contribution in [0.1, 0.15) is 31.4 Å². The summed E-state index contributed by atoms with van der Waals surface area (Å²) in [6.45, 7) is 2.59. The maximum Gasteiger partial charge on any atom is 0.228 e. The molecule has 2 fully saturated rings. The fourth-order valence-electron chi connectivity index (χ4n) is 3.73. The summed E-state index contributed by atoms with van der Waals surface area (Å²) in [7, 11) is 0. The van der Waals surface area contributed by atoms with Crippen molar-refractivity contribution in [1.29, 1.82) is 0 Å². The first-order chi connectivity index (χ1) is 13.7. The molecule has 1 aromatic carbocycles. The van der Waals surface area contributed by atoms with Gasteiger partial charge in [-0.25, -0.2) is 0 Å². The summed E-state index contributed by atoms with van der Waals surface area (Å²) in [4.78, 5) is 31.2. The first-order valence-electron chi connectivity index (χ1n) is 10.0. The van der Waals surface area contributed by atoms with Gasteiger partial charge in [0.1, 0.15) is 0 Å². The SMILES string of the molecule is O=C(NCc1ccccn1)C1CC1C(=O)Nc1ccc(N2CCCCC2)cc1. The number of nitrogens with zero attached hydrogens (tertiary/aromatic N) is 2. The van der Waals surface area contributed by atoms with Crippen molar-refractivity contribution in [3.63, 3.8) is 0 Å². The zero-order valence-corrected chi connectivity index (χ0v) is 15.9. The van der Waals surface area contributed by atoms with Crippen molar-refractivity contribution in [2.24, 2.45) is 11.8 Å². The Morgan fingerprint density at radius 3 is 2.43 bits per heavy atom. The Labute approximate surface area is 165 Å². The molecule has 2 aliphatic rings. The second kappa shape index (κ2) is 8.42. The van der Waals surface area contributed by atoms with Gasteiger partial charge in [0.2, 0.25) is 11.8 Å². The number of aromatic nitrogens is 1. The maximum absolute atomic E-state index is 12.4. The van der Waals surface area contributed by atoms with E-state index in [0.717, 1.165) is 24.5 Å². The van der Waals surface area contributed by atoms with Gasteiger partial charge in [-0.3, -0.25) is 14.6 Å². The first kappa shape index (κ1) is 18.5. The molecule has 2 N–H and O–H groups in total. The number of hydrogen-bond donors (Lipinski definition) is 2. The molecule has 1 aliphatic heterocycles. The van der Waals surface area contributed by atoms with Gasteiger partial charge in [-0.2, -0.15) is 0 Å². The Balaban J connectivity index is 1.25. The van der Waals surface area contributed by atoms with Gasteiger partial charge in [-0.1, -0.05) is 6.07 Å². The third-order valence-electron chi connectivity index (χ3n) is 5.49. The average molecular weight is 378 g/mol. The molecule has 6 nitrogen and oxygen atoms in total. The molecule has 4 rings (SSSR count). The van der Waals surface area contributed by atoms with E-state index in [2.05, 4.69) is 32.7 Å². The summed E-state index contributed by atoms with van der Waals surface area (Å²) >= 11 is 0. The van der Waals surface area contributed by atoms with E-state index >= 15 is 0 Å². The van der Waals surface area contributed by atoms with E-state index in [1.165, 1.54) is 24.9 Å². The van der Waals surface area contributed by atoms with Gasteiger partial charge < -0.3 is 15.5 Å². The molecule has 1 aromatic heterocycles. The minimum atomic E-state index is -0.245. The molecule has 1 saturated carbocycles. The molecule has 0 spiro atoms. The lowest BCUT2D eigenvalue weighted by Crippen LogP contribution is -2.29. The largest absolute Gasteiger partial charge is 0.372 e. The molecule has 1 saturated heterocycles. The highest BCUT2D eigenvalue weighted by Crippen LogP contribution is 2.39. The zero-order valence-electron chi connectivity index (χ0n) is 15.9. The van der Waals surface area contributed by atoms with Crippen LogP contribution in [0, 0.1) is 11.8 Å². The van der Waals surface area contributed by atoms with E-state index in [-0.39, 0.29) is 23.7 Å². The highest BCUT2D eigenvalue weighted by Gasteiger charge is 2.47. The number of amides is 2. The molecule has 6 heteroatoms. The minimum absolute atomic E-state index is 0.0775. The first-order valence-corrected chi connectivity index (χ1v) is 10.0. The van der Waals surface area contributed by atoms with Gasteiger partial charge >= 0.3 is 0 Å². The lowest BCUT2D eigenvalue weighted by atomic mass is 10.1. The molecule has 1 aliphatic carbocycles. The Kier molecular flexibility index (Phi) is 5.55. The van der Waals surface area contributed by atoms with Crippen molar-refractivity contribution in [1.82, 2.24) is 10.3 Å².